The Morgan fingerprint density at radius 3 is 2.91 bits per heavy atom. The summed E-state index contributed by atoms with van der Waals surface area (Å²) in [7, 11) is 2.13. The van der Waals surface area contributed by atoms with E-state index in [0.717, 1.165) is 31.6 Å². The first kappa shape index (κ1) is 7.10. The van der Waals surface area contributed by atoms with Gasteiger partial charge in [-0.2, -0.15) is 0 Å². The second-order valence-electron chi connectivity index (χ2n) is 3.77. The topological polar surface area (TPSA) is 24.8 Å². The molecular formula is C8H14N2O. The van der Waals surface area contributed by atoms with Crippen molar-refractivity contribution in [2.24, 2.45) is 5.16 Å². The van der Waals surface area contributed by atoms with Crippen LogP contribution in [-0.2, 0) is 4.84 Å². The normalized spacial score (nSPS) is 37.8. The highest BCUT2D eigenvalue weighted by Crippen LogP contribution is 2.32. The zero-order valence-corrected chi connectivity index (χ0v) is 7.13. The molecule has 2 heterocycles. The summed E-state index contributed by atoms with van der Waals surface area (Å²) in [6, 6.07) is 0. The number of likely N-dealkylation sites (N-methyl/N-ethyl adjacent to an activating group) is 1. The molecule has 3 nitrogen and oxygen atoms in total. The Kier molecular flexibility index (Phi) is 1.42. The average molecular weight is 154 g/mol. The van der Waals surface area contributed by atoms with E-state index in [2.05, 4.69) is 17.1 Å². The lowest BCUT2D eigenvalue weighted by Crippen LogP contribution is -2.31. The standard InChI is InChI=1S/C8H14N2O/c1-7-5-8(11-9-7)3-4-10(2)6-8/h3-6H2,1-2H3. The van der Waals surface area contributed by atoms with Crippen molar-refractivity contribution in [1.82, 2.24) is 4.90 Å². The highest BCUT2D eigenvalue weighted by molar-refractivity contribution is 5.83. The number of nitrogens with zero attached hydrogens (tertiary/aromatic N) is 2. The SMILES string of the molecule is CC1=NOC2(CCN(C)C2)C1. The van der Waals surface area contributed by atoms with Gasteiger partial charge in [-0.1, -0.05) is 5.16 Å². The first-order valence-corrected chi connectivity index (χ1v) is 4.10. The fraction of sp³-hybridized carbons (Fsp3) is 0.875. The van der Waals surface area contributed by atoms with Crippen LogP contribution in [0.3, 0.4) is 0 Å². The predicted octanol–water partition coefficient (Wildman–Crippen LogP) is 0.857. The number of likely N-dealkylation sites (tertiary alicyclic amines) is 1. The minimum Gasteiger partial charge on any atom is -0.387 e. The molecule has 0 aromatic carbocycles. The summed E-state index contributed by atoms with van der Waals surface area (Å²) in [5, 5.41) is 4.00. The van der Waals surface area contributed by atoms with Crippen molar-refractivity contribution in [2.75, 3.05) is 20.1 Å². The van der Waals surface area contributed by atoms with Gasteiger partial charge in [-0.25, -0.2) is 0 Å². The average Bonchev–Trinajstić information content (AvgIpc) is 2.44. The van der Waals surface area contributed by atoms with E-state index in [1.54, 1.807) is 0 Å². The summed E-state index contributed by atoms with van der Waals surface area (Å²) >= 11 is 0. The Balaban J connectivity index is 2.05. The van der Waals surface area contributed by atoms with E-state index in [-0.39, 0.29) is 5.60 Å². The van der Waals surface area contributed by atoms with Crippen LogP contribution in [0.25, 0.3) is 0 Å². The van der Waals surface area contributed by atoms with Gasteiger partial charge in [-0.3, -0.25) is 0 Å². The third-order valence-corrected chi connectivity index (χ3v) is 2.48. The van der Waals surface area contributed by atoms with Gasteiger partial charge < -0.3 is 9.74 Å². The summed E-state index contributed by atoms with van der Waals surface area (Å²) in [5.41, 5.74) is 1.19. The van der Waals surface area contributed by atoms with E-state index in [9.17, 15) is 0 Å². The molecule has 0 N–H and O–H groups in total. The van der Waals surface area contributed by atoms with Crippen LogP contribution in [0.4, 0.5) is 0 Å². The van der Waals surface area contributed by atoms with Gasteiger partial charge in [0.1, 0.15) is 0 Å². The molecule has 0 saturated carbocycles. The fourth-order valence-corrected chi connectivity index (χ4v) is 1.97. The lowest BCUT2D eigenvalue weighted by molar-refractivity contribution is -0.00838. The zero-order valence-electron chi connectivity index (χ0n) is 7.13. The molecule has 1 spiro atoms. The van der Waals surface area contributed by atoms with Crippen LogP contribution in [0.5, 0.6) is 0 Å². The number of rotatable bonds is 0. The van der Waals surface area contributed by atoms with Crippen molar-refractivity contribution in [3.8, 4) is 0 Å². The maximum absolute atomic E-state index is 5.43. The quantitative estimate of drug-likeness (QED) is 0.517. The van der Waals surface area contributed by atoms with Gasteiger partial charge in [0.05, 0.1) is 5.71 Å². The minimum atomic E-state index is 0.0544. The number of hydrogen-bond donors (Lipinski definition) is 0. The monoisotopic (exact) mass is 154 g/mol. The van der Waals surface area contributed by atoms with Crippen molar-refractivity contribution < 1.29 is 4.84 Å². The first-order valence-electron chi connectivity index (χ1n) is 4.10. The number of oxime groups is 1. The Labute approximate surface area is 67.0 Å². The van der Waals surface area contributed by atoms with Crippen LogP contribution in [-0.4, -0.2) is 36.3 Å². The molecule has 0 amide bonds. The van der Waals surface area contributed by atoms with E-state index in [0.29, 0.717) is 0 Å². The van der Waals surface area contributed by atoms with Gasteiger partial charge in [-0.05, 0) is 14.0 Å². The van der Waals surface area contributed by atoms with E-state index in [1.165, 1.54) is 0 Å². The second kappa shape index (κ2) is 2.21. The highest BCUT2D eigenvalue weighted by Gasteiger charge is 2.42. The summed E-state index contributed by atoms with van der Waals surface area (Å²) in [6.07, 6.45) is 2.15. The van der Waals surface area contributed by atoms with Crippen molar-refractivity contribution in [1.29, 1.82) is 0 Å². The second-order valence-corrected chi connectivity index (χ2v) is 3.77. The lowest BCUT2D eigenvalue weighted by atomic mass is 9.97. The molecular weight excluding hydrogens is 140 g/mol. The van der Waals surface area contributed by atoms with Crippen molar-refractivity contribution in [2.45, 2.75) is 25.4 Å². The van der Waals surface area contributed by atoms with Crippen LogP contribution < -0.4 is 0 Å². The van der Waals surface area contributed by atoms with Crippen LogP contribution in [0.1, 0.15) is 19.8 Å². The summed E-state index contributed by atoms with van der Waals surface area (Å²) in [4.78, 5) is 7.73. The Hall–Kier alpha value is -0.570. The first-order chi connectivity index (χ1) is 5.20. The van der Waals surface area contributed by atoms with Gasteiger partial charge in [0.15, 0.2) is 5.60 Å². The molecule has 1 fully saturated rings. The molecule has 1 saturated heterocycles. The zero-order chi connectivity index (χ0) is 7.90. The molecule has 0 radical (unpaired) electrons. The maximum Gasteiger partial charge on any atom is 0.156 e. The summed E-state index contributed by atoms with van der Waals surface area (Å²) < 4.78 is 0. The molecule has 2 rings (SSSR count). The summed E-state index contributed by atoms with van der Waals surface area (Å²) in [5.74, 6) is 0. The maximum atomic E-state index is 5.43. The lowest BCUT2D eigenvalue weighted by Gasteiger charge is -2.19. The van der Waals surface area contributed by atoms with Gasteiger partial charge in [0.25, 0.3) is 0 Å². The predicted molar refractivity (Wildman–Crippen MR) is 43.7 cm³/mol. The van der Waals surface area contributed by atoms with Crippen molar-refractivity contribution in [3.63, 3.8) is 0 Å². The van der Waals surface area contributed by atoms with Crippen molar-refractivity contribution >= 4 is 5.71 Å². The minimum absolute atomic E-state index is 0.0544. The molecule has 0 aromatic heterocycles. The molecule has 2 aliphatic heterocycles. The molecule has 2 aliphatic rings. The third kappa shape index (κ3) is 1.13. The van der Waals surface area contributed by atoms with Gasteiger partial charge >= 0.3 is 0 Å². The van der Waals surface area contributed by atoms with E-state index in [1.807, 2.05) is 6.92 Å². The molecule has 0 aromatic rings. The van der Waals surface area contributed by atoms with Gasteiger partial charge in [0.2, 0.25) is 0 Å². The van der Waals surface area contributed by atoms with Crippen LogP contribution in [0.15, 0.2) is 5.16 Å². The largest absolute Gasteiger partial charge is 0.387 e. The molecule has 11 heavy (non-hydrogen) atoms. The van der Waals surface area contributed by atoms with E-state index < -0.39 is 0 Å². The molecule has 1 unspecified atom stereocenters. The van der Waals surface area contributed by atoms with Gasteiger partial charge in [-0.15, -0.1) is 0 Å². The van der Waals surface area contributed by atoms with E-state index >= 15 is 0 Å². The fourth-order valence-electron chi connectivity index (χ4n) is 1.97. The Bertz CT molecular complexity index is 202. The summed E-state index contributed by atoms with van der Waals surface area (Å²) in [6.45, 7) is 4.21. The third-order valence-electron chi connectivity index (χ3n) is 2.48. The smallest absolute Gasteiger partial charge is 0.156 e. The van der Waals surface area contributed by atoms with Crippen LogP contribution in [0.2, 0.25) is 0 Å². The van der Waals surface area contributed by atoms with Crippen molar-refractivity contribution in [3.05, 3.63) is 0 Å². The molecule has 0 aliphatic carbocycles. The van der Waals surface area contributed by atoms with Crippen LogP contribution in [0, 0.1) is 0 Å². The Morgan fingerprint density at radius 2 is 2.45 bits per heavy atom. The van der Waals surface area contributed by atoms with E-state index in [4.69, 9.17) is 4.84 Å². The molecule has 3 heteroatoms. The molecule has 62 valence electrons. The van der Waals surface area contributed by atoms with Crippen LogP contribution >= 0.6 is 0 Å². The highest BCUT2D eigenvalue weighted by atomic mass is 16.7. The Morgan fingerprint density at radius 1 is 1.64 bits per heavy atom. The number of hydrogen-bond acceptors (Lipinski definition) is 3. The van der Waals surface area contributed by atoms with Gasteiger partial charge in [0, 0.05) is 25.9 Å². The molecule has 0 bridgehead atoms. The molecule has 1 atom stereocenters.